The van der Waals surface area contributed by atoms with Crippen molar-refractivity contribution in [3.05, 3.63) is 63.5 Å². The Balaban J connectivity index is 1.54. The highest BCUT2D eigenvalue weighted by Crippen LogP contribution is 2.21. The maximum Gasteiger partial charge on any atom is 0.278 e. The number of rotatable bonds is 6. The summed E-state index contributed by atoms with van der Waals surface area (Å²) >= 11 is 3.43. The lowest BCUT2D eigenvalue weighted by Gasteiger charge is -2.23. The Hall–Kier alpha value is -3.24. The van der Waals surface area contributed by atoms with Crippen LogP contribution < -0.4 is 20.9 Å². The van der Waals surface area contributed by atoms with E-state index in [0.29, 0.717) is 35.2 Å². The van der Waals surface area contributed by atoms with Crippen molar-refractivity contribution in [1.29, 1.82) is 0 Å². The molecule has 9 nitrogen and oxygen atoms in total. The number of nitrogens with zero attached hydrogens (tertiary/aromatic N) is 5. The molecule has 0 saturated carbocycles. The van der Waals surface area contributed by atoms with Crippen LogP contribution in [0.2, 0.25) is 0 Å². The van der Waals surface area contributed by atoms with Gasteiger partial charge < -0.3 is 15.4 Å². The molecule has 4 heterocycles. The van der Waals surface area contributed by atoms with Crippen molar-refractivity contribution in [2.45, 2.75) is 32.4 Å². The van der Waals surface area contributed by atoms with E-state index in [4.69, 9.17) is 9.72 Å². The van der Waals surface area contributed by atoms with Crippen LogP contribution in [0, 0.1) is 0 Å². The molecule has 10 heteroatoms. The van der Waals surface area contributed by atoms with Crippen LogP contribution in [0.4, 0.5) is 11.6 Å². The summed E-state index contributed by atoms with van der Waals surface area (Å²) in [5, 5.41) is 6.97. The van der Waals surface area contributed by atoms with E-state index in [9.17, 15) is 4.79 Å². The molecule has 33 heavy (non-hydrogen) atoms. The van der Waals surface area contributed by atoms with Gasteiger partial charge in [-0.2, -0.15) is 9.97 Å². The van der Waals surface area contributed by atoms with Gasteiger partial charge in [0.2, 0.25) is 11.8 Å². The molecule has 1 aliphatic rings. The van der Waals surface area contributed by atoms with Crippen LogP contribution in [0.1, 0.15) is 19.8 Å². The first-order chi connectivity index (χ1) is 16.1. The maximum absolute atomic E-state index is 13.0. The summed E-state index contributed by atoms with van der Waals surface area (Å²) < 4.78 is 10.5. The van der Waals surface area contributed by atoms with E-state index in [1.54, 1.807) is 15.6 Å². The minimum atomic E-state index is -0.158. The number of benzene rings is 1. The van der Waals surface area contributed by atoms with E-state index in [0.717, 1.165) is 36.1 Å². The van der Waals surface area contributed by atoms with Crippen LogP contribution in [-0.4, -0.2) is 43.5 Å². The molecule has 0 radical (unpaired) electrons. The molecule has 2 N–H and O–H groups in total. The van der Waals surface area contributed by atoms with Crippen molar-refractivity contribution in [3.63, 3.8) is 0 Å². The average molecular weight is 510 g/mol. The lowest BCUT2D eigenvalue weighted by Crippen LogP contribution is -2.34. The summed E-state index contributed by atoms with van der Waals surface area (Å²) in [7, 11) is 0. The lowest BCUT2D eigenvalue weighted by atomic mass is 10.1. The minimum Gasteiger partial charge on any atom is -0.474 e. The van der Waals surface area contributed by atoms with Crippen LogP contribution in [0.3, 0.4) is 0 Å². The molecule has 3 aromatic heterocycles. The molecule has 1 saturated heterocycles. The molecule has 0 spiro atoms. The molecule has 1 fully saturated rings. The van der Waals surface area contributed by atoms with E-state index >= 15 is 0 Å². The van der Waals surface area contributed by atoms with Gasteiger partial charge in [-0.3, -0.25) is 4.79 Å². The number of nitrogens with one attached hydrogen (secondary N) is 2. The zero-order chi connectivity index (χ0) is 22.8. The van der Waals surface area contributed by atoms with E-state index < -0.39 is 0 Å². The van der Waals surface area contributed by atoms with Gasteiger partial charge in [0.05, 0.1) is 0 Å². The molecule has 0 aliphatic carbocycles. The average Bonchev–Trinajstić information content (AvgIpc) is 3.12. The summed E-state index contributed by atoms with van der Waals surface area (Å²) in [4.78, 5) is 26.8. The van der Waals surface area contributed by atoms with Gasteiger partial charge >= 0.3 is 0 Å². The van der Waals surface area contributed by atoms with Gasteiger partial charge in [-0.25, -0.2) is 14.3 Å². The van der Waals surface area contributed by atoms with Gasteiger partial charge in [0.25, 0.3) is 5.56 Å². The zero-order valence-electron chi connectivity index (χ0n) is 18.2. The number of hydrogen-bond acceptors (Lipinski definition) is 7. The third kappa shape index (κ3) is 4.49. The summed E-state index contributed by atoms with van der Waals surface area (Å²) in [6, 6.07) is 13.3. The van der Waals surface area contributed by atoms with Crippen molar-refractivity contribution in [3.8, 4) is 11.7 Å². The van der Waals surface area contributed by atoms with E-state index in [1.807, 2.05) is 49.4 Å². The highest BCUT2D eigenvalue weighted by atomic mass is 79.9. The molecule has 0 amide bonds. The van der Waals surface area contributed by atoms with Gasteiger partial charge in [-0.15, -0.1) is 0 Å². The smallest absolute Gasteiger partial charge is 0.278 e. The van der Waals surface area contributed by atoms with Crippen LogP contribution in [0.25, 0.3) is 16.9 Å². The highest BCUT2D eigenvalue weighted by Gasteiger charge is 2.19. The number of fused-ring (bicyclic) bond motifs is 1. The minimum absolute atomic E-state index is 0.132. The van der Waals surface area contributed by atoms with Crippen molar-refractivity contribution in [1.82, 2.24) is 29.6 Å². The summed E-state index contributed by atoms with van der Waals surface area (Å²) in [6.07, 6.45) is 3.57. The van der Waals surface area contributed by atoms with Gasteiger partial charge in [0.1, 0.15) is 11.5 Å². The number of halogens is 1. The zero-order valence-corrected chi connectivity index (χ0v) is 19.7. The van der Waals surface area contributed by atoms with Gasteiger partial charge in [0.15, 0.2) is 11.5 Å². The second kappa shape index (κ2) is 9.32. The number of hydrogen-bond donors (Lipinski definition) is 2. The highest BCUT2D eigenvalue weighted by molar-refractivity contribution is 9.10. The quantitative estimate of drug-likeness (QED) is 0.409. The normalized spacial score (nSPS) is 14.5. The predicted molar refractivity (Wildman–Crippen MR) is 131 cm³/mol. The first kappa shape index (κ1) is 21.6. The second-order valence-corrected chi connectivity index (χ2v) is 8.71. The molecular weight excluding hydrogens is 486 g/mol. The fraction of sp³-hybridized carbons (Fsp3) is 0.304. The topological polar surface area (TPSA) is 98.9 Å². The second-order valence-electron chi connectivity index (χ2n) is 7.80. The van der Waals surface area contributed by atoms with E-state index in [2.05, 4.69) is 36.5 Å². The number of pyridine rings is 1. The lowest BCUT2D eigenvalue weighted by molar-refractivity contribution is 0.156. The van der Waals surface area contributed by atoms with Crippen LogP contribution in [-0.2, 0) is 6.54 Å². The SMILES string of the molecule is CCn1c(=O)c2cnc(Nc3ccc(Br)cc3)nc2n1-c1cccc(OC2CCNCC2)n1. The van der Waals surface area contributed by atoms with Crippen molar-refractivity contribution in [2.75, 3.05) is 18.4 Å². The summed E-state index contributed by atoms with van der Waals surface area (Å²) in [5.41, 5.74) is 1.18. The monoisotopic (exact) mass is 509 g/mol. The van der Waals surface area contributed by atoms with Crippen LogP contribution in [0.5, 0.6) is 5.88 Å². The Bertz CT molecular complexity index is 1330. The van der Waals surface area contributed by atoms with Gasteiger partial charge in [0, 0.05) is 29.0 Å². The van der Waals surface area contributed by atoms with Gasteiger partial charge in [-0.05, 0) is 63.2 Å². The first-order valence-corrected chi connectivity index (χ1v) is 11.8. The molecule has 0 unspecified atom stereocenters. The van der Waals surface area contributed by atoms with Gasteiger partial charge in [-0.1, -0.05) is 22.0 Å². The third-order valence-electron chi connectivity index (χ3n) is 5.57. The molecule has 0 atom stereocenters. The Kier molecular flexibility index (Phi) is 6.10. The molecule has 5 rings (SSSR count). The number of aromatic nitrogens is 5. The molecule has 1 aliphatic heterocycles. The third-order valence-corrected chi connectivity index (χ3v) is 6.10. The van der Waals surface area contributed by atoms with Crippen LogP contribution >= 0.6 is 15.9 Å². The molecule has 0 bridgehead atoms. The fourth-order valence-electron chi connectivity index (χ4n) is 3.94. The van der Waals surface area contributed by atoms with E-state index in [1.165, 1.54) is 0 Å². The Labute approximate surface area is 198 Å². The summed E-state index contributed by atoms with van der Waals surface area (Å²) in [5.74, 6) is 1.51. The van der Waals surface area contributed by atoms with Crippen LogP contribution in [0.15, 0.2) is 57.9 Å². The standard InChI is InChI=1S/C23H24BrN7O2/c1-2-30-22(32)18-14-26-23(27-16-8-6-15(24)7-9-16)29-21(18)31(30)19-4-3-5-20(28-19)33-17-10-12-25-13-11-17/h3-9,14,17,25H,2,10-13H2,1H3,(H,26,27,29). The largest absolute Gasteiger partial charge is 0.474 e. The maximum atomic E-state index is 13.0. The number of anilines is 2. The fourth-order valence-corrected chi connectivity index (χ4v) is 4.21. The van der Waals surface area contributed by atoms with Crippen molar-refractivity contribution in [2.24, 2.45) is 0 Å². The molecule has 4 aromatic rings. The number of ether oxygens (including phenoxy) is 1. The number of piperidine rings is 1. The summed E-state index contributed by atoms with van der Waals surface area (Å²) in [6.45, 7) is 4.26. The Morgan fingerprint density at radius 1 is 1.15 bits per heavy atom. The van der Waals surface area contributed by atoms with E-state index in [-0.39, 0.29) is 11.7 Å². The molecule has 170 valence electrons. The molecular formula is C23H24BrN7O2. The molecule has 1 aromatic carbocycles. The van der Waals surface area contributed by atoms with Crippen molar-refractivity contribution >= 4 is 38.6 Å². The Morgan fingerprint density at radius 3 is 2.70 bits per heavy atom. The van der Waals surface area contributed by atoms with Crippen molar-refractivity contribution < 1.29 is 4.74 Å². The Morgan fingerprint density at radius 2 is 1.94 bits per heavy atom. The first-order valence-electron chi connectivity index (χ1n) is 11.0. The predicted octanol–water partition coefficient (Wildman–Crippen LogP) is 3.63.